The number of para-hydroxylation sites is 1. The molecule has 1 aromatic carbocycles. The second-order valence-corrected chi connectivity index (χ2v) is 6.93. The topological polar surface area (TPSA) is 42.2 Å². The van der Waals surface area contributed by atoms with Crippen LogP contribution in [-0.4, -0.2) is 5.91 Å². The molecule has 0 saturated carbocycles. The lowest BCUT2D eigenvalue weighted by atomic mass is 10.2. The van der Waals surface area contributed by atoms with Gasteiger partial charge >= 0.3 is 0 Å². The van der Waals surface area contributed by atoms with Crippen molar-refractivity contribution in [1.82, 2.24) is 5.32 Å². The minimum absolute atomic E-state index is 0.00708. The smallest absolute Gasteiger partial charge is 0.261 e. The van der Waals surface area contributed by atoms with Gasteiger partial charge in [0.15, 0.2) is 0 Å². The molecule has 1 atom stereocenters. The Labute approximate surface area is 133 Å². The van der Waals surface area contributed by atoms with Gasteiger partial charge < -0.3 is 9.73 Å². The first-order valence-electron chi connectivity index (χ1n) is 7.61. The molecular formula is C18H17NO2S. The molecule has 2 aromatic heterocycles. The third kappa shape index (κ3) is 2.33. The number of carbonyl (C=O) groups is 1. The summed E-state index contributed by atoms with van der Waals surface area (Å²) >= 11 is 1.63. The van der Waals surface area contributed by atoms with Crippen LogP contribution in [0.2, 0.25) is 0 Å². The maximum atomic E-state index is 12.4. The predicted molar refractivity (Wildman–Crippen MR) is 88.4 cm³/mol. The first-order chi connectivity index (χ1) is 10.7. The summed E-state index contributed by atoms with van der Waals surface area (Å²) < 4.78 is 5.82. The minimum atomic E-state index is -0.142. The van der Waals surface area contributed by atoms with Crippen LogP contribution in [0, 0.1) is 0 Å². The lowest BCUT2D eigenvalue weighted by Gasteiger charge is -2.10. The van der Waals surface area contributed by atoms with Crippen molar-refractivity contribution in [3.63, 3.8) is 0 Å². The largest absolute Gasteiger partial charge is 0.459 e. The standard InChI is InChI=1S/C18H17NO2S/c1-11(15-9-12-5-2-3-7-14(12)21-15)19-18(20)17-10-13-6-4-8-16(13)22-17/h2-3,5,7,9-11H,4,6,8H2,1H3,(H,19,20). The van der Waals surface area contributed by atoms with Gasteiger partial charge in [0.1, 0.15) is 11.3 Å². The number of carbonyl (C=O) groups excluding carboxylic acids is 1. The van der Waals surface area contributed by atoms with E-state index in [0.29, 0.717) is 0 Å². The van der Waals surface area contributed by atoms with Crippen LogP contribution < -0.4 is 5.32 Å². The average molecular weight is 311 g/mol. The zero-order chi connectivity index (χ0) is 15.1. The average Bonchev–Trinajstić information content (AvgIpc) is 3.20. The third-order valence-electron chi connectivity index (χ3n) is 4.19. The minimum Gasteiger partial charge on any atom is -0.459 e. The van der Waals surface area contributed by atoms with Crippen molar-refractivity contribution in [1.29, 1.82) is 0 Å². The van der Waals surface area contributed by atoms with E-state index in [0.717, 1.165) is 34.4 Å². The summed E-state index contributed by atoms with van der Waals surface area (Å²) in [5, 5.41) is 4.10. The predicted octanol–water partition coefficient (Wildman–Crippen LogP) is 4.47. The number of furan rings is 1. The molecule has 4 rings (SSSR count). The number of hydrogen-bond donors (Lipinski definition) is 1. The lowest BCUT2D eigenvalue weighted by molar-refractivity contribution is 0.0940. The second kappa shape index (κ2) is 5.29. The Bertz CT molecular complexity index is 791. The van der Waals surface area contributed by atoms with E-state index in [9.17, 15) is 4.79 Å². The van der Waals surface area contributed by atoms with Crippen LogP contribution in [-0.2, 0) is 12.8 Å². The number of amides is 1. The number of rotatable bonds is 3. The summed E-state index contributed by atoms with van der Waals surface area (Å²) in [7, 11) is 0. The molecule has 0 aliphatic heterocycles. The summed E-state index contributed by atoms with van der Waals surface area (Å²) in [6, 6.07) is 11.8. The zero-order valence-corrected chi connectivity index (χ0v) is 13.2. The van der Waals surface area contributed by atoms with Crippen LogP contribution in [0.4, 0.5) is 0 Å². The van der Waals surface area contributed by atoms with Gasteiger partial charge in [-0.3, -0.25) is 4.79 Å². The normalized spacial score (nSPS) is 15.0. The van der Waals surface area contributed by atoms with E-state index in [1.54, 1.807) is 11.3 Å². The maximum Gasteiger partial charge on any atom is 0.261 e. The van der Waals surface area contributed by atoms with E-state index in [-0.39, 0.29) is 11.9 Å². The summed E-state index contributed by atoms with van der Waals surface area (Å²) in [6.45, 7) is 1.96. The summed E-state index contributed by atoms with van der Waals surface area (Å²) in [4.78, 5) is 14.6. The fourth-order valence-corrected chi connectivity index (χ4v) is 4.15. The van der Waals surface area contributed by atoms with E-state index in [2.05, 4.69) is 5.32 Å². The maximum absolute atomic E-state index is 12.4. The molecule has 0 saturated heterocycles. The SMILES string of the molecule is CC(NC(=O)c1cc2c(s1)CCC2)c1cc2ccccc2o1. The second-order valence-electron chi connectivity index (χ2n) is 5.79. The molecule has 0 fully saturated rings. The molecule has 22 heavy (non-hydrogen) atoms. The van der Waals surface area contributed by atoms with Crippen LogP contribution in [0.25, 0.3) is 11.0 Å². The molecule has 0 bridgehead atoms. The van der Waals surface area contributed by atoms with Gasteiger partial charge in [-0.15, -0.1) is 11.3 Å². The van der Waals surface area contributed by atoms with Gasteiger partial charge in [-0.2, -0.15) is 0 Å². The fraction of sp³-hybridized carbons (Fsp3) is 0.278. The third-order valence-corrected chi connectivity index (χ3v) is 5.43. The zero-order valence-electron chi connectivity index (χ0n) is 12.4. The molecule has 1 unspecified atom stereocenters. The lowest BCUT2D eigenvalue weighted by Crippen LogP contribution is -2.25. The van der Waals surface area contributed by atoms with E-state index in [1.165, 1.54) is 16.9 Å². The molecule has 0 spiro atoms. The van der Waals surface area contributed by atoms with Gasteiger partial charge in [-0.05, 0) is 49.9 Å². The van der Waals surface area contributed by atoms with Crippen molar-refractivity contribution in [3.8, 4) is 0 Å². The molecule has 1 amide bonds. The molecule has 112 valence electrons. The number of benzene rings is 1. The highest BCUT2D eigenvalue weighted by atomic mass is 32.1. The van der Waals surface area contributed by atoms with Crippen molar-refractivity contribution < 1.29 is 9.21 Å². The van der Waals surface area contributed by atoms with E-state index >= 15 is 0 Å². The highest BCUT2D eigenvalue weighted by Crippen LogP contribution is 2.31. The Balaban J connectivity index is 1.52. The Morgan fingerprint density at radius 2 is 2.14 bits per heavy atom. The van der Waals surface area contributed by atoms with Crippen molar-refractivity contribution >= 4 is 28.2 Å². The molecule has 3 aromatic rings. The first-order valence-corrected chi connectivity index (χ1v) is 8.43. The van der Waals surface area contributed by atoms with Crippen LogP contribution in [0.5, 0.6) is 0 Å². The summed E-state index contributed by atoms with van der Waals surface area (Å²) in [5.41, 5.74) is 2.21. The number of nitrogens with one attached hydrogen (secondary N) is 1. The van der Waals surface area contributed by atoms with Crippen molar-refractivity contribution in [2.45, 2.75) is 32.2 Å². The van der Waals surface area contributed by atoms with Gasteiger partial charge in [0.2, 0.25) is 0 Å². The molecule has 0 radical (unpaired) electrons. The van der Waals surface area contributed by atoms with E-state index in [4.69, 9.17) is 4.42 Å². The van der Waals surface area contributed by atoms with Gasteiger partial charge in [0.05, 0.1) is 10.9 Å². The van der Waals surface area contributed by atoms with Crippen LogP contribution in [0.3, 0.4) is 0 Å². The molecule has 3 nitrogen and oxygen atoms in total. The van der Waals surface area contributed by atoms with Crippen molar-refractivity contribution in [3.05, 3.63) is 57.5 Å². The Hall–Kier alpha value is -2.07. The van der Waals surface area contributed by atoms with Gasteiger partial charge in [0, 0.05) is 10.3 Å². The molecule has 4 heteroatoms. The molecule has 1 aliphatic rings. The Morgan fingerprint density at radius 1 is 1.27 bits per heavy atom. The Kier molecular flexibility index (Phi) is 3.26. The fourth-order valence-electron chi connectivity index (χ4n) is 3.00. The number of hydrogen-bond acceptors (Lipinski definition) is 3. The van der Waals surface area contributed by atoms with Crippen molar-refractivity contribution in [2.24, 2.45) is 0 Å². The van der Waals surface area contributed by atoms with Crippen LogP contribution >= 0.6 is 11.3 Å². The summed E-state index contributed by atoms with van der Waals surface area (Å²) in [5.74, 6) is 0.783. The summed E-state index contributed by atoms with van der Waals surface area (Å²) in [6.07, 6.45) is 3.45. The highest BCUT2D eigenvalue weighted by molar-refractivity contribution is 7.14. The van der Waals surface area contributed by atoms with Gasteiger partial charge in [-0.1, -0.05) is 18.2 Å². The van der Waals surface area contributed by atoms with E-state index in [1.807, 2.05) is 43.3 Å². The molecular weight excluding hydrogens is 294 g/mol. The molecule has 1 aliphatic carbocycles. The molecule has 1 N–H and O–H groups in total. The van der Waals surface area contributed by atoms with Crippen LogP contribution in [0.1, 0.15) is 45.3 Å². The van der Waals surface area contributed by atoms with Gasteiger partial charge in [0.25, 0.3) is 5.91 Å². The highest BCUT2D eigenvalue weighted by Gasteiger charge is 2.20. The van der Waals surface area contributed by atoms with Gasteiger partial charge in [-0.25, -0.2) is 0 Å². The number of aryl methyl sites for hydroxylation is 2. The quantitative estimate of drug-likeness (QED) is 0.775. The number of thiophene rings is 1. The van der Waals surface area contributed by atoms with E-state index < -0.39 is 0 Å². The molecule has 2 heterocycles. The first kappa shape index (κ1) is 13.6. The van der Waals surface area contributed by atoms with Crippen LogP contribution in [0.15, 0.2) is 40.8 Å². The number of fused-ring (bicyclic) bond motifs is 2. The Morgan fingerprint density at radius 3 is 2.95 bits per heavy atom. The van der Waals surface area contributed by atoms with Crippen molar-refractivity contribution in [2.75, 3.05) is 0 Å². The monoisotopic (exact) mass is 311 g/mol.